The van der Waals surface area contributed by atoms with Crippen LogP contribution in [0.15, 0.2) is 0 Å². The van der Waals surface area contributed by atoms with Crippen LogP contribution in [-0.2, 0) is 14.3 Å². The number of ether oxygens (including phenoxy) is 1. The van der Waals surface area contributed by atoms with Crippen molar-refractivity contribution in [1.82, 2.24) is 10.6 Å². The Morgan fingerprint density at radius 2 is 2.00 bits per heavy atom. The first kappa shape index (κ1) is 11.1. The zero-order valence-electron chi connectivity index (χ0n) is 8.88. The monoisotopic (exact) mass is 200 g/mol. The van der Waals surface area contributed by atoms with Crippen LogP contribution in [0.2, 0.25) is 0 Å². The van der Waals surface area contributed by atoms with E-state index in [4.69, 9.17) is 4.74 Å². The number of carbonyl (C=O) groups excluding carboxylic acids is 2. The lowest BCUT2D eigenvalue weighted by Gasteiger charge is -2.36. The average molecular weight is 200 g/mol. The lowest BCUT2D eigenvalue weighted by molar-refractivity contribution is -0.142. The first-order valence-corrected chi connectivity index (χ1v) is 4.54. The van der Waals surface area contributed by atoms with Gasteiger partial charge < -0.3 is 4.74 Å². The van der Waals surface area contributed by atoms with Crippen molar-refractivity contribution in [3.8, 4) is 0 Å². The summed E-state index contributed by atoms with van der Waals surface area (Å²) in [6, 6.07) is -0.479. The molecule has 14 heavy (non-hydrogen) atoms. The van der Waals surface area contributed by atoms with Gasteiger partial charge in [-0.1, -0.05) is 0 Å². The maximum absolute atomic E-state index is 11.4. The Balaban J connectivity index is 2.80. The molecule has 2 unspecified atom stereocenters. The standard InChI is InChI=1S/C9H16N2O3/c1-5(14-4)6-7(12)10-8(13)9(2,3)11-6/h5-6,11H,1-4H3,(H,10,12,13). The Kier molecular flexibility index (Phi) is 2.92. The Bertz CT molecular complexity index is 263. The molecule has 1 aliphatic rings. The van der Waals surface area contributed by atoms with E-state index in [0.717, 1.165) is 0 Å². The summed E-state index contributed by atoms with van der Waals surface area (Å²) >= 11 is 0. The number of hydrogen-bond donors (Lipinski definition) is 2. The van der Waals surface area contributed by atoms with Crippen molar-refractivity contribution in [3.05, 3.63) is 0 Å². The van der Waals surface area contributed by atoms with Gasteiger partial charge in [-0.15, -0.1) is 0 Å². The maximum Gasteiger partial charge on any atom is 0.246 e. The molecule has 1 fully saturated rings. The summed E-state index contributed by atoms with van der Waals surface area (Å²) in [7, 11) is 1.53. The average Bonchev–Trinajstić information content (AvgIpc) is 2.10. The number of methoxy groups -OCH3 is 1. The summed E-state index contributed by atoms with van der Waals surface area (Å²) in [5.74, 6) is -0.634. The molecule has 0 aromatic heterocycles. The van der Waals surface area contributed by atoms with E-state index in [1.165, 1.54) is 7.11 Å². The third-order valence-corrected chi connectivity index (χ3v) is 2.44. The molecule has 2 atom stereocenters. The minimum atomic E-state index is -0.731. The second-order valence-corrected chi connectivity index (χ2v) is 4.01. The zero-order valence-corrected chi connectivity index (χ0v) is 8.88. The molecule has 1 rings (SSSR count). The van der Waals surface area contributed by atoms with Gasteiger partial charge in [0.2, 0.25) is 11.8 Å². The number of rotatable bonds is 2. The molecule has 0 aromatic rings. The molecule has 2 N–H and O–H groups in total. The van der Waals surface area contributed by atoms with Crippen molar-refractivity contribution in [3.63, 3.8) is 0 Å². The summed E-state index contributed by atoms with van der Waals surface area (Å²) in [6.45, 7) is 5.23. The number of carbonyl (C=O) groups is 2. The zero-order chi connectivity index (χ0) is 10.9. The van der Waals surface area contributed by atoms with Crippen molar-refractivity contribution in [2.45, 2.75) is 38.5 Å². The summed E-state index contributed by atoms with van der Waals surface area (Å²) in [6.07, 6.45) is -0.262. The topological polar surface area (TPSA) is 67.4 Å². The van der Waals surface area contributed by atoms with Crippen LogP contribution in [0.4, 0.5) is 0 Å². The number of nitrogens with one attached hydrogen (secondary N) is 2. The molecule has 0 spiro atoms. The SMILES string of the molecule is COC(C)C1NC(C)(C)C(=O)NC1=O. The Hall–Kier alpha value is -0.940. The lowest BCUT2D eigenvalue weighted by Crippen LogP contribution is -2.69. The van der Waals surface area contributed by atoms with Crippen molar-refractivity contribution in [2.75, 3.05) is 7.11 Å². The van der Waals surface area contributed by atoms with Gasteiger partial charge in [-0.3, -0.25) is 20.2 Å². The first-order chi connectivity index (χ1) is 6.38. The Morgan fingerprint density at radius 3 is 2.50 bits per heavy atom. The summed E-state index contributed by atoms with van der Waals surface area (Å²) in [5, 5.41) is 5.27. The molecule has 0 aromatic carbocycles. The second-order valence-electron chi connectivity index (χ2n) is 4.01. The number of piperazine rings is 1. The van der Waals surface area contributed by atoms with Crippen molar-refractivity contribution in [2.24, 2.45) is 0 Å². The normalized spacial score (nSPS) is 28.4. The minimum absolute atomic E-state index is 0.262. The van der Waals surface area contributed by atoms with E-state index in [-0.39, 0.29) is 17.9 Å². The van der Waals surface area contributed by atoms with Crippen molar-refractivity contribution < 1.29 is 14.3 Å². The fourth-order valence-corrected chi connectivity index (χ4v) is 1.33. The van der Waals surface area contributed by atoms with Crippen LogP contribution < -0.4 is 10.6 Å². The van der Waals surface area contributed by atoms with Crippen LogP contribution >= 0.6 is 0 Å². The summed E-state index contributed by atoms with van der Waals surface area (Å²) < 4.78 is 5.05. The van der Waals surface area contributed by atoms with Gasteiger partial charge in [0.15, 0.2) is 0 Å². The van der Waals surface area contributed by atoms with Gasteiger partial charge in [0.25, 0.3) is 0 Å². The fourth-order valence-electron chi connectivity index (χ4n) is 1.33. The molecule has 1 heterocycles. The molecule has 5 nitrogen and oxygen atoms in total. The molecular weight excluding hydrogens is 184 g/mol. The molecule has 1 saturated heterocycles. The molecule has 0 radical (unpaired) electrons. The van der Waals surface area contributed by atoms with Crippen LogP contribution in [0.3, 0.4) is 0 Å². The third kappa shape index (κ3) is 1.93. The Morgan fingerprint density at radius 1 is 1.43 bits per heavy atom. The highest BCUT2D eigenvalue weighted by Crippen LogP contribution is 2.12. The quantitative estimate of drug-likeness (QED) is 0.585. The number of amides is 2. The highest BCUT2D eigenvalue weighted by molar-refractivity contribution is 6.04. The maximum atomic E-state index is 11.4. The molecule has 0 bridgehead atoms. The second kappa shape index (κ2) is 3.67. The van der Waals surface area contributed by atoms with E-state index >= 15 is 0 Å². The summed E-state index contributed by atoms with van der Waals surface area (Å²) in [5.41, 5.74) is -0.731. The van der Waals surface area contributed by atoms with E-state index in [1.54, 1.807) is 20.8 Å². The Labute approximate surface area is 83.2 Å². The highest BCUT2D eigenvalue weighted by Gasteiger charge is 2.41. The van der Waals surface area contributed by atoms with E-state index in [9.17, 15) is 9.59 Å². The first-order valence-electron chi connectivity index (χ1n) is 4.54. The molecule has 0 aliphatic carbocycles. The lowest BCUT2D eigenvalue weighted by atomic mass is 9.96. The molecule has 2 amide bonds. The van der Waals surface area contributed by atoms with Crippen molar-refractivity contribution >= 4 is 11.8 Å². The largest absolute Gasteiger partial charge is 0.380 e. The van der Waals surface area contributed by atoms with Gasteiger partial charge in [0.1, 0.15) is 6.04 Å². The number of hydrogen-bond acceptors (Lipinski definition) is 4. The van der Waals surface area contributed by atoms with Gasteiger partial charge in [-0.05, 0) is 20.8 Å². The van der Waals surface area contributed by atoms with E-state index < -0.39 is 11.6 Å². The van der Waals surface area contributed by atoms with Gasteiger partial charge in [0.05, 0.1) is 11.6 Å². The van der Waals surface area contributed by atoms with Gasteiger partial charge in [0, 0.05) is 7.11 Å². The van der Waals surface area contributed by atoms with Gasteiger partial charge >= 0.3 is 0 Å². The van der Waals surface area contributed by atoms with Gasteiger partial charge in [-0.2, -0.15) is 0 Å². The summed E-state index contributed by atoms with van der Waals surface area (Å²) in [4.78, 5) is 22.8. The molecular formula is C9H16N2O3. The van der Waals surface area contributed by atoms with Crippen LogP contribution in [0, 0.1) is 0 Å². The van der Waals surface area contributed by atoms with Crippen LogP contribution in [0.25, 0.3) is 0 Å². The minimum Gasteiger partial charge on any atom is -0.380 e. The van der Waals surface area contributed by atoms with E-state index in [1.807, 2.05) is 0 Å². The predicted molar refractivity (Wildman–Crippen MR) is 50.6 cm³/mol. The fraction of sp³-hybridized carbons (Fsp3) is 0.778. The van der Waals surface area contributed by atoms with Crippen LogP contribution in [0.5, 0.6) is 0 Å². The molecule has 1 aliphatic heterocycles. The number of imide groups is 1. The van der Waals surface area contributed by atoms with E-state index in [2.05, 4.69) is 10.6 Å². The smallest absolute Gasteiger partial charge is 0.246 e. The molecule has 0 saturated carbocycles. The predicted octanol–water partition coefficient (Wildman–Crippen LogP) is -0.585. The van der Waals surface area contributed by atoms with Gasteiger partial charge in [-0.25, -0.2) is 0 Å². The van der Waals surface area contributed by atoms with Crippen LogP contribution in [-0.4, -0.2) is 36.6 Å². The molecule has 80 valence electrons. The van der Waals surface area contributed by atoms with E-state index in [0.29, 0.717) is 0 Å². The highest BCUT2D eigenvalue weighted by atomic mass is 16.5. The third-order valence-electron chi connectivity index (χ3n) is 2.44. The van der Waals surface area contributed by atoms with Crippen molar-refractivity contribution in [1.29, 1.82) is 0 Å². The van der Waals surface area contributed by atoms with Crippen LogP contribution in [0.1, 0.15) is 20.8 Å². The molecule has 5 heteroatoms.